The van der Waals surface area contributed by atoms with Crippen molar-refractivity contribution in [3.8, 4) is 0 Å². The van der Waals surface area contributed by atoms with E-state index in [2.05, 4.69) is 51.8 Å². The Kier molecular flexibility index (Phi) is 7.53. The zero-order valence-electron chi connectivity index (χ0n) is 14.8. The van der Waals surface area contributed by atoms with E-state index in [9.17, 15) is 0 Å². The minimum Gasteiger partial charge on any atom is -0.311 e. The smallest absolute Gasteiger partial charge is 0.0329 e. The van der Waals surface area contributed by atoms with E-state index < -0.39 is 0 Å². The zero-order valence-corrected chi connectivity index (χ0v) is 14.8. The summed E-state index contributed by atoms with van der Waals surface area (Å²) in [5.41, 5.74) is 0.398. The molecular formula is C18H38N2. The fraction of sp³-hybridized carbons (Fsp3) is 1.00. The number of nitrogens with zero attached hydrogens (tertiary/aromatic N) is 1. The van der Waals surface area contributed by atoms with Crippen LogP contribution in [-0.4, -0.2) is 36.1 Å². The average molecular weight is 283 g/mol. The Bertz CT molecular complexity index is 258. The summed E-state index contributed by atoms with van der Waals surface area (Å²) in [5, 5.41) is 3.84. The maximum atomic E-state index is 3.84. The Morgan fingerprint density at radius 3 is 2.30 bits per heavy atom. The van der Waals surface area contributed by atoms with Gasteiger partial charge >= 0.3 is 0 Å². The molecule has 1 fully saturated rings. The maximum absolute atomic E-state index is 3.84. The molecular weight excluding hydrogens is 244 g/mol. The molecule has 0 aromatic carbocycles. The highest BCUT2D eigenvalue weighted by Gasteiger charge is 2.39. The number of hydrogen-bond acceptors (Lipinski definition) is 2. The van der Waals surface area contributed by atoms with Crippen molar-refractivity contribution in [3.63, 3.8) is 0 Å². The van der Waals surface area contributed by atoms with Crippen molar-refractivity contribution >= 4 is 0 Å². The van der Waals surface area contributed by atoms with E-state index in [0.29, 0.717) is 11.6 Å². The van der Waals surface area contributed by atoms with Crippen molar-refractivity contribution in [2.24, 2.45) is 11.8 Å². The van der Waals surface area contributed by atoms with Crippen molar-refractivity contribution in [1.29, 1.82) is 0 Å². The Balaban J connectivity index is 2.72. The first-order valence-corrected chi connectivity index (χ1v) is 8.95. The van der Waals surface area contributed by atoms with Gasteiger partial charge < -0.3 is 5.32 Å². The molecule has 2 unspecified atom stereocenters. The normalized spacial score (nSPS) is 25.1. The lowest BCUT2D eigenvalue weighted by molar-refractivity contribution is 0.0159. The van der Waals surface area contributed by atoms with Gasteiger partial charge in [0.15, 0.2) is 0 Å². The first-order valence-electron chi connectivity index (χ1n) is 8.95. The molecule has 0 aromatic heterocycles. The molecule has 1 aliphatic rings. The Morgan fingerprint density at radius 2 is 1.80 bits per heavy atom. The molecule has 2 nitrogen and oxygen atoms in total. The van der Waals surface area contributed by atoms with Gasteiger partial charge in [-0.1, -0.05) is 48.0 Å². The van der Waals surface area contributed by atoms with Crippen LogP contribution in [0.1, 0.15) is 73.6 Å². The third-order valence-electron chi connectivity index (χ3n) is 5.22. The van der Waals surface area contributed by atoms with E-state index in [1.54, 1.807) is 0 Å². The van der Waals surface area contributed by atoms with Crippen molar-refractivity contribution in [2.45, 2.75) is 85.2 Å². The summed E-state index contributed by atoms with van der Waals surface area (Å²) in [6.45, 7) is 17.9. The molecule has 0 aromatic rings. The highest BCUT2D eigenvalue weighted by molar-refractivity contribution is 4.98. The Hall–Kier alpha value is -0.0800. The first-order chi connectivity index (χ1) is 9.47. The van der Waals surface area contributed by atoms with Gasteiger partial charge in [-0.25, -0.2) is 0 Å². The van der Waals surface area contributed by atoms with Gasteiger partial charge in [0.2, 0.25) is 0 Å². The molecule has 0 bridgehead atoms. The standard InChI is InChI=1S/C18H38N2/c1-7-10-16(6)12-20-13-17(11-15(4)5)19-14-18(20,8-2)9-3/h15-17,19H,7-14H2,1-6H3. The van der Waals surface area contributed by atoms with Crippen molar-refractivity contribution in [2.75, 3.05) is 19.6 Å². The van der Waals surface area contributed by atoms with Crippen LogP contribution in [0, 0.1) is 11.8 Å². The second-order valence-corrected chi connectivity index (χ2v) is 7.44. The van der Waals surface area contributed by atoms with Crippen LogP contribution in [0.2, 0.25) is 0 Å². The van der Waals surface area contributed by atoms with E-state index in [0.717, 1.165) is 11.8 Å². The summed E-state index contributed by atoms with van der Waals surface area (Å²) in [6, 6.07) is 0.690. The third-order valence-corrected chi connectivity index (χ3v) is 5.22. The summed E-state index contributed by atoms with van der Waals surface area (Å²) >= 11 is 0. The quantitative estimate of drug-likeness (QED) is 0.714. The Morgan fingerprint density at radius 1 is 1.15 bits per heavy atom. The van der Waals surface area contributed by atoms with Crippen LogP contribution in [-0.2, 0) is 0 Å². The highest BCUT2D eigenvalue weighted by atomic mass is 15.3. The Labute approximate surface area is 127 Å². The van der Waals surface area contributed by atoms with Gasteiger partial charge in [0, 0.05) is 31.2 Å². The molecule has 0 radical (unpaired) electrons. The van der Waals surface area contributed by atoms with E-state index >= 15 is 0 Å². The summed E-state index contributed by atoms with van der Waals surface area (Å²) < 4.78 is 0. The van der Waals surface area contributed by atoms with Crippen LogP contribution in [0.5, 0.6) is 0 Å². The van der Waals surface area contributed by atoms with Crippen LogP contribution >= 0.6 is 0 Å². The lowest BCUT2D eigenvalue weighted by atomic mass is 9.85. The van der Waals surface area contributed by atoms with Crippen LogP contribution < -0.4 is 5.32 Å². The van der Waals surface area contributed by atoms with E-state index in [1.807, 2.05) is 0 Å². The average Bonchev–Trinajstić information content (AvgIpc) is 2.39. The van der Waals surface area contributed by atoms with Crippen LogP contribution in [0.15, 0.2) is 0 Å². The molecule has 0 saturated carbocycles. The molecule has 1 saturated heterocycles. The van der Waals surface area contributed by atoms with Crippen molar-refractivity contribution in [1.82, 2.24) is 10.2 Å². The second-order valence-electron chi connectivity index (χ2n) is 7.44. The molecule has 1 heterocycles. The van der Waals surface area contributed by atoms with Crippen molar-refractivity contribution in [3.05, 3.63) is 0 Å². The number of nitrogens with one attached hydrogen (secondary N) is 1. The fourth-order valence-electron chi connectivity index (χ4n) is 3.87. The second kappa shape index (κ2) is 8.38. The topological polar surface area (TPSA) is 15.3 Å². The van der Waals surface area contributed by atoms with Gasteiger partial charge in [0.25, 0.3) is 0 Å². The SMILES string of the molecule is CCCC(C)CN1CC(CC(C)C)NCC1(CC)CC. The molecule has 0 amide bonds. The predicted molar refractivity (Wildman–Crippen MR) is 90.2 cm³/mol. The molecule has 1 N–H and O–H groups in total. The minimum absolute atomic E-state index is 0.398. The van der Waals surface area contributed by atoms with Gasteiger partial charge in [0.1, 0.15) is 0 Å². The maximum Gasteiger partial charge on any atom is 0.0329 e. The molecule has 2 heteroatoms. The molecule has 1 rings (SSSR count). The van der Waals surface area contributed by atoms with E-state index in [-0.39, 0.29) is 0 Å². The van der Waals surface area contributed by atoms with E-state index in [1.165, 1.54) is 51.7 Å². The van der Waals surface area contributed by atoms with Crippen LogP contribution in [0.3, 0.4) is 0 Å². The third kappa shape index (κ3) is 4.73. The molecule has 20 heavy (non-hydrogen) atoms. The van der Waals surface area contributed by atoms with Gasteiger partial charge in [-0.15, -0.1) is 0 Å². The summed E-state index contributed by atoms with van der Waals surface area (Å²) in [7, 11) is 0. The zero-order chi connectivity index (χ0) is 15.2. The highest BCUT2D eigenvalue weighted by Crippen LogP contribution is 2.29. The predicted octanol–water partition coefficient (Wildman–Crippen LogP) is 4.30. The lowest BCUT2D eigenvalue weighted by Crippen LogP contribution is -2.65. The molecule has 0 aliphatic carbocycles. The fourth-order valence-corrected chi connectivity index (χ4v) is 3.87. The summed E-state index contributed by atoms with van der Waals surface area (Å²) in [5.74, 6) is 1.62. The summed E-state index contributed by atoms with van der Waals surface area (Å²) in [4.78, 5) is 2.83. The van der Waals surface area contributed by atoms with Gasteiger partial charge in [0.05, 0.1) is 0 Å². The summed E-state index contributed by atoms with van der Waals surface area (Å²) in [6.07, 6.45) is 6.52. The number of piperazine rings is 1. The van der Waals surface area contributed by atoms with Gasteiger partial charge in [-0.3, -0.25) is 4.90 Å². The van der Waals surface area contributed by atoms with Crippen LogP contribution in [0.4, 0.5) is 0 Å². The monoisotopic (exact) mass is 282 g/mol. The lowest BCUT2D eigenvalue weighted by Gasteiger charge is -2.51. The molecule has 120 valence electrons. The van der Waals surface area contributed by atoms with E-state index in [4.69, 9.17) is 0 Å². The molecule has 0 spiro atoms. The largest absolute Gasteiger partial charge is 0.311 e. The first kappa shape index (κ1) is 18.0. The van der Waals surface area contributed by atoms with Gasteiger partial charge in [-0.2, -0.15) is 0 Å². The molecule has 1 aliphatic heterocycles. The number of hydrogen-bond donors (Lipinski definition) is 1. The minimum atomic E-state index is 0.398. The number of rotatable bonds is 8. The molecule has 2 atom stereocenters. The van der Waals surface area contributed by atoms with Crippen molar-refractivity contribution < 1.29 is 0 Å². The van der Waals surface area contributed by atoms with Gasteiger partial charge in [-0.05, 0) is 37.5 Å². The van der Waals surface area contributed by atoms with Crippen LogP contribution in [0.25, 0.3) is 0 Å².